The number of nitrogens with one attached hydrogen (secondary N) is 2. The highest BCUT2D eigenvalue weighted by Crippen LogP contribution is 2.26. The Morgan fingerprint density at radius 1 is 0.839 bits per heavy atom. The van der Waals surface area contributed by atoms with E-state index >= 15 is 0 Å². The number of hydrogen-bond acceptors (Lipinski definition) is 3. The van der Waals surface area contributed by atoms with Crippen LogP contribution in [0.4, 0.5) is 10.5 Å². The quantitative estimate of drug-likeness (QED) is 0.745. The van der Waals surface area contributed by atoms with Crippen molar-refractivity contribution in [1.82, 2.24) is 15.1 Å². The molecule has 0 spiro atoms. The van der Waals surface area contributed by atoms with Crippen LogP contribution in [-0.4, -0.2) is 60.5 Å². The van der Waals surface area contributed by atoms with Crippen LogP contribution in [0.2, 0.25) is 0 Å². The Morgan fingerprint density at radius 2 is 1.52 bits per heavy atom. The van der Waals surface area contributed by atoms with Gasteiger partial charge in [-0.25, -0.2) is 4.79 Å². The summed E-state index contributed by atoms with van der Waals surface area (Å²) in [7, 11) is 0. The van der Waals surface area contributed by atoms with Gasteiger partial charge in [-0.15, -0.1) is 0 Å². The van der Waals surface area contributed by atoms with Crippen LogP contribution in [0.3, 0.4) is 0 Å². The lowest BCUT2D eigenvalue weighted by Gasteiger charge is -2.36. The lowest BCUT2D eigenvalue weighted by atomic mass is 9.88. The van der Waals surface area contributed by atoms with E-state index in [0.717, 1.165) is 50.4 Å². The van der Waals surface area contributed by atoms with Crippen molar-refractivity contribution in [3.05, 3.63) is 30.3 Å². The van der Waals surface area contributed by atoms with Crippen molar-refractivity contribution in [3.63, 3.8) is 0 Å². The van der Waals surface area contributed by atoms with Gasteiger partial charge < -0.3 is 20.4 Å². The molecule has 3 fully saturated rings. The molecule has 1 aromatic carbocycles. The molecule has 0 atom stereocenters. The first-order chi connectivity index (χ1) is 15.2. The number of rotatable bonds is 5. The molecule has 2 heterocycles. The highest BCUT2D eigenvalue weighted by atomic mass is 16.2. The average Bonchev–Trinajstić information content (AvgIpc) is 2.82. The van der Waals surface area contributed by atoms with Gasteiger partial charge in [0.25, 0.3) is 0 Å². The van der Waals surface area contributed by atoms with Crippen molar-refractivity contribution in [2.24, 2.45) is 11.8 Å². The minimum atomic E-state index is -0.0737. The fraction of sp³-hybridized carbons (Fsp3) is 0.680. The second-order valence-electron chi connectivity index (χ2n) is 9.65. The molecule has 6 heteroatoms. The monoisotopic (exact) mass is 426 g/mol. The zero-order valence-electron chi connectivity index (χ0n) is 18.7. The standard InChI is InChI=1S/C25H38N4O2/c30-24(26-23-13-15-28(16-14-23)19-20-7-3-1-4-8-20)21-11-17-29(18-12-21)25(31)27-22-9-5-2-6-10-22/h2,5-6,9-10,20-21,23H,1,3-4,7-8,11-19H2,(H,26,30)(H,27,31). The summed E-state index contributed by atoms with van der Waals surface area (Å²) in [5, 5.41) is 6.25. The SMILES string of the molecule is O=C(NC1CCN(CC2CCCCC2)CC1)C1CCN(C(=O)Nc2ccccc2)CC1. The number of likely N-dealkylation sites (tertiary alicyclic amines) is 2. The maximum absolute atomic E-state index is 12.8. The second-order valence-corrected chi connectivity index (χ2v) is 9.65. The highest BCUT2D eigenvalue weighted by molar-refractivity contribution is 5.89. The number of urea groups is 1. The molecule has 1 saturated carbocycles. The number of hydrogen-bond donors (Lipinski definition) is 2. The minimum absolute atomic E-state index is 0.0287. The van der Waals surface area contributed by atoms with E-state index < -0.39 is 0 Å². The largest absolute Gasteiger partial charge is 0.353 e. The molecular weight excluding hydrogens is 388 g/mol. The van der Waals surface area contributed by atoms with Crippen LogP contribution in [0.1, 0.15) is 57.8 Å². The third-order valence-corrected chi connectivity index (χ3v) is 7.35. The van der Waals surface area contributed by atoms with Crippen molar-refractivity contribution in [2.45, 2.75) is 63.8 Å². The van der Waals surface area contributed by atoms with E-state index in [0.29, 0.717) is 19.1 Å². The second kappa shape index (κ2) is 11.0. The Labute approximate surface area is 186 Å². The van der Waals surface area contributed by atoms with Crippen molar-refractivity contribution < 1.29 is 9.59 Å². The van der Waals surface area contributed by atoms with Gasteiger partial charge in [-0.3, -0.25) is 4.79 Å². The number of nitrogens with zero attached hydrogens (tertiary/aromatic N) is 2. The molecule has 6 nitrogen and oxygen atoms in total. The number of benzene rings is 1. The van der Waals surface area contributed by atoms with Crippen molar-refractivity contribution >= 4 is 17.6 Å². The van der Waals surface area contributed by atoms with Crippen LogP contribution in [0.15, 0.2) is 30.3 Å². The lowest BCUT2D eigenvalue weighted by molar-refractivity contribution is -0.127. The fourth-order valence-electron chi connectivity index (χ4n) is 5.38. The number of anilines is 1. The molecule has 4 rings (SSSR count). The summed E-state index contributed by atoms with van der Waals surface area (Å²) in [6, 6.07) is 9.77. The maximum atomic E-state index is 12.8. The molecule has 0 unspecified atom stereocenters. The molecule has 2 aliphatic heterocycles. The van der Waals surface area contributed by atoms with Crippen LogP contribution in [-0.2, 0) is 4.79 Å². The van der Waals surface area contributed by atoms with Gasteiger partial charge in [0.05, 0.1) is 0 Å². The van der Waals surface area contributed by atoms with Crippen molar-refractivity contribution in [2.75, 3.05) is 38.0 Å². The third-order valence-electron chi connectivity index (χ3n) is 7.35. The fourth-order valence-corrected chi connectivity index (χ4v) is 5.38. The maximum Gasteiger partial charge on any atom is 0.321 e. The summed E-state index contributed by atoms with van der Waals surface area (Å²) in [6.45, 7) is 4.75. The Kier molecular flexibility index (Phi) is 7.84. The summed E-state index contributed by atoms with van der Waals surface area (Å²) >= 11 is 0. The van der Waals surface area contributed by atoms with Crippen LogP contribution in [0.5, 0.6) is 0 Å². The van der Waals surface area contributed by atoms with Gasteiger partial charge in [0.1, 0.15) is 0 Å². The molecule has 3 amide bonds. The van der Waals surface area contributed by atoms with E-state index in [1.54, 1.807) is 0 Å². The van der Waals surface area contributed by atoms with Gasteiger partial charge in [0.15, 0.2) is 0 Å². The first-order valence-corrected chi connectivity index (χ1v) is 12.3. The molecular formula is C25H38N4O2. The van der Waals surface area contributed by atoms with Gasteiger partial charge in [0.2, 0.25) is 5.91 Å². The van der Waals surface area contributed by atoms with Gasteiger partial charge in [0, 0.05) is 50.4 Å². The van der Waals surface area contributed by atoms with E-state index in [2.05, 4.69) is 15.5 Å². The van der Waals surface area contributed by atoms with Crippen LogP contribution < -0.4 is 10.6 Å². The highest BCUT2D eigenvalue weighted by Gasteiger charge is 2.30. The van der Waals surface area contributed by atoms with Crippen LogP contribution in [0, 0.1) is 11.8 Å². The molecule has 0 radical (unpaired) electrons. The zero-order chi connectivity index (χ0) is 21.5. The number of amides is 3. The first-order valence-electron chi connectivity index (χ1n) is 12.3. The van der Waals surface area contributed by atoms with Gasteiger partial charge in [-0.1, -0.05) is 37.5 Å². The van der Waals surface area contributed by atoms with Crippen LogP contribution >= 0.6 is 0 Å². The average molecular weight is 427 g/mol. The van der Waals surface area contributed by atoms with E-state index in [1.165, 1.54) is 38.6 Å². The molecule has 3 aliphatic rings. The molecule has 0 bridgehead atoms. The summed E-state index contributed by atoms with van der Waals surface area (Å²) in [5.74, 6) is 1.11. The van der Waals surface area contributed by atoms with E-state index in [4.69, 9.17) is 0 Å². The van der Waals surface area contributed by atoms with E-state index in [9.17, 15) is 9.59 Å². The molecule has 1 aliphatic carbocycles. The minimum Gasteiger partial charge on any atom is -0.353 e. The third kappa shape index (κ3) is 6.45. The molecule has 0 aromatic heterocycles. The summed E-state index contributed by atoms with van der Waals surface area (Å²) in [6.07, 6.45) is 10.7. The van der Waals surface area contributed by atoms with E-state index in [-0.39, 0.29) is 17.9 Å². The topological polar surface area (TPSA) is 64.7 Å². The number of piperidine rings is 2. The van der Waals surface area contributed by atoms with Crippen molar-refractivity contribution in [3.8, 4) is 0 Å². The predicted octanol–water partition coefficient (Wildman–Crippen LogP) is 4.09. The first kappa shape index (κ1) is 22.1. The van der Waals surface area contributed by atoms with Gasteiger partial charge in [-0.2, -0.15) is 0 Å². The number of carbonyl (C=O) groups excluding carboxylic acids is 2. The molecule has 170 valence electrons. The van der Waals surface area contributed by atoms with Crippen molar-refractivity contribution in [1.29, 1.82) is 0 Å². The Hall–Kier alpha value is -2.08. The molecule has 2 saturated heterocycles. The normalized spacial score (nSPS) is 22.3. The van der Waals surface area contributed by atoms with Crippen LogP contribution in [0.25, 0.3) is 0 Å². The summed E-state index contributed by atoms with van der Waals surface area (Å²) in [5.41, 5.74) is 0.808. The smallest absolute Gasteiger partial charge is 0.321 e. The molecule has 1 aromatic rings. The molecule has 31 heavy (non-hydrogen) atoms. The van der Waals surface area contributed by atoms with Gasteiger partial charge in [-0.05, 0) is 56.6 Å². The zero-order valence-corrected chi connectivity index (χ0v) is 18.7. The Bertz CT molecular complexity index is 703. The summed E-state index contributed by atoms with van der Waals surface area (Å²) in [4.78, 5) is 29.7. The predicted molar refractivity (Wildman–Crippen MR) is 124 cm³/mol. The number of para-hydroxylation sites is 1. The number of carbonyl (C=O) groups is 2. The Balaban J connectivity index is 1.14. The molecule has 2 N–H and O–H groups in total. The summed E-state index contributed by atoms with van der Waals surface area (Å²) < 4.78 is 0. The van der Waals surface area contributed by atoms with Gasteiger partial charge >= 0.3 is 6.03 Å². The lowest BCUT2D eigenvalue weighted by Crippen LogP contribution is -2.49. The van der Waals surface area contributed by atoms with E-state index in [1.807, 2.05) is 35.2 Å². The Morgan fingerprint density at radius 3 is 2.19 bits per heavy atom.